The normalized spacial score (nSPS) is 14.0. The molecule has 7 nitrogen and oxygen atoms in total. The van der Waals surface area contributed by atoms with Crippen LogP contribution in [0.1, 0.15) is 46.0 Å². The zero-order valence-corrected chi connectivity index (χ0v) is 20.2. The molecule has 2 aromatic rings. The molecule has 1 aliphatic rings. The average Bonchev–Trinajstić information content (AvgIpc) is 2.76. The lowest BCUT2D eigenvalue weighted by atomic mass is 9.93. The lowest BCUT2D eigenvalue weighted by Gasteiger charge is -2.38. The molecule has 0 unspecified atom stereocenters. The number of carboxylic acid groups (broad SMARTS) is 1. The third-order valence-electron chi connectivity index (χ3n) is 5.59. The Labute approximate surface area is 204 Å². The summed E-state index contributed by atoms with van der Waals surface area (Å²) in [5.41, 5.74) is 1.53. The van der Waals surface area contributed by atoms with Crippen molar-refractivity contribution >= 4 is 40.7 Å². The Balaban J connectivity index is 1.90. The van der Waals surface area contributed by atoms with Crippen LogP contribution in [0.3, 0.4) is 0 Å². The van der Waals surface area contributed by atoms with Gasteiger partial charge < -0.3 is 25.4 Å². The quantitative estimate of drug-likeness (QED) is 0.378. The second-order valence-corrected chi connectivity index (χ2v) is 9.37. The van der Waals surface area contributed by atoms with Gasteiger partial charge in [0.25, 0.3) is 0 Å². The van der Waals surface area contributed by atoms with Gasteiger partial charge in [0.05, 0.1) is 11.4 Å². The Morgan fingerprint density at radius 1 is 1.15 bits per heavy atom. The third-order valence-corrected chi connectivity index (χ3v) is 5.80. The topological polar surface area (TPSA) is 90.9 Å². The van der Waals surface area contributed by atoms with Crippen molar-refractivity contribution in [2.24, 2.45) is 5.92 Å². The van der Waals surface area contributed by atoms with Gasteiger partial charge in [-0.25, -0.2) is 14.0 Å². The number of halogens is 2. The number of hydrogen-bond donors (Lipinski definition) is 3. The summed E-state index contributed by atoms with van der Waals surface area (Å²) in [4.78, 5) is 26.1. The van der Waals surface area contributed by atoms with Gasteiger partial charge in [0.1, 0.15) is 11.6 Å². The standard InChI is InChI=1S/C25H31ClFN3O4/c1-16(2)14-30(20-6-4-3-5-7-20)23-9-8-21(34-15-24(31)32)13-22(23)29-25(33)28-19-11-17(26)10-18(27)12-19/h8-13,16,20H,3-7,14-15H2,1-2H3,(H,31,32)(H2,28,29,33). The maximum absolute atomic E-state index is 13.7. The van der Waals surface area contributed by atoms with Gasteiger partial charge in [-0.05, 0) is 49.1 Å². The average molecular weight is 492 g/mol. The van der Waals surface area contributed by atoms with E-state index in [2.05, 4.69) is 29.4 Å². The van der Waals surface area contributed by atoms with Crippen molar-refractivity contribution in [2.75, 3.05) is 28.7 Å². The summed E-state index contributed by atoms with van der Waals surface area (Å²) in [6.07, 6.45) is 5.66. The van der Waals surface area contributed by atoms with Gasteiger partial charge in [-0.1, -0.05) is 44.7 Å². The van der Waals surface area contributed by atoms with E-state index >= 15 is 0 Å². The summed E-state index contributed by atoms with van der Waals surface area (Å²) in [5.74, 6) is -0.944. The second-order valence-electron chi connectivity index (χ2n) is 8.94. The minimum atomic E-state index is -1.09. The van der Waals surface area contributed by atoms with Crippen LogP contribution >= 0.6 is 11.6 Å². The van der Waals surface area contributed by atoms with Crippen molar-refractivity contribution in [3.8, 4) is 5.75 Å². The molecule has 3 N–H and O–H groups in total. The Hall–Kier alpha value is -3.00. The number of nitrogens with one attached hydrogen (secondary N) is 2. The number of benzene rings is 2. The van der Waals surface area contributed by atoms with Crippen molar-refractivity contribution in [3.63, 3.8) is 0 Å². The summed E-state index contributed by atoms with van der Waals surface area (Å²) < 4.78 is 19.0. The van der Waals surface area contributed by atoms with Crippen LogP contribution in [0.2, 0.25) is 5.02 Å². The van der Waals surface area contributed by atoms with Crippen LogP contribution < -0.4 is 20.3 Å². The first-order valence-electron chi connectivity index (χ1n) is 11.5. The van der Waals surface area contributed by atoms with Gasteiger partial charge in [-0.15, -0.1) is 0 Å². The van der Waals surface area contributed by atoms with Crippen LogP contribution in [0.5, 0.6) is 5.75 Å². The van der Waals surface area contributed by atoms with E-state index in [0.717, 1.165) is 44.0 Å². The third kappa shape index (κ3) is 7.52. The maximum Gasteiger partial charge on any atom is 0.341 e. The van der Waals surface area contributed by atoms with Crippen LogP contribution in [-0.4, -0.2) is 36.3 Å². The molecular weight excluding hydrogens is 461 g/mol. The summed E-state index contributed by atoms with van der Waals surface area (Å²) in [6, 6.07) is 8.72. The van der Waals surface area contributed by atoms with Gasteiger partial charge in [-0.2, -0.15) is 0 Å². The largest absolute Gasteiger partial charge is 0.482 e. The van der Waals surface area contributed by atoms with Crippen molar-refractivity contribution in [1.82, 2.24) is 0 Å². The number of hydrogen-bond acceptors (Lipinski definition) is 4. The van der Waals surface area contributed by atoms with E-state index in [-0.39, 0.29) is 10.7 Å². The summed E-state index contributed by atoms with van der Waals surface area (Å²) >= 11 is 5.89. The number of nitrogens with zero attached hydrogens (tertiary/aromatic N) is 1. The highest BCUT2D eigenvalue weighted by atomic mass is 35.5. The van der Waals surface area contributed by atoms with Crippen LogP contribution in [-0.2, 0) is 4.79 Å². The smallest absolute Gasteiger partial charge is 0.341 e. The summed E-state index contributed by atoms with van der Waals surface area (Å²) in [7, 11) is 0. The molecule has 0 saturated heterocycles. The predicted molar refractivity (Wildman–Crippen MR) is 133 cm³/mol. The highest BCUT2D eigenvalue weighted by Gasteiger charge is 2.25. The number of ether oxygens (including phenoxy) is 1. The number of carboxylic acids is 1. The number of carbonyl (C=O) groups excluding carboxylic acids is 1. The molecule has 1 aliphatic carbocycles. The molecule has 0 atom stereocenters. The van der Waals surface area contributed by atoms with Crippen LogP contribution in [0.25, 0.3) is 0 Å². The van der Waals surface area contributed by atoms with E-state index in [0.29, 0.717) is 23.4 Å². The molecule has 1 fully saturated rings. The number of amides is 2. The van der Waals surface area contributed by atoms with Crippen LogP contribution in [0.4, 0.5) is 26.2 Å². The Morgan fingerprint density at radius 3 is 2.53 bits per heavy atom. The van der Waals surface area contributed by atoms with Gasteiger partial charge >= 0.3 is 12.0 Å². The Morgan fingerprint density at radius 2 is 1.88 bits per heavy atom. The molecule has 2 amide bonds. The van der Waals surface area contributed by atoms with Crippen molar-refractivity contribution < 1.29 is 23.8 Å². The van der Waals surface area contributed by atoms with Crippen LogP contribution in [0, 0.1) is 11.7 Å². The Bertz CT molecular complexity index is 991. The first kappa shape index (κ1) is 25.6. The van der Waals surface area contributed by atoms with E-state index in [1.165, 1.54) is 18.6 Å². The highest BCUT2D eigenvalue weighted by molar-refractivity contribution is 6.31. The van der Waals surface area contributed by atoms with Crippen molar-refractivity contribution in [1.29, 1.82) is 0 Å². The molecule has 0 heterocycles. The van der Waals surface area contributed by atoms with E-state index in [4.69, 9.17) is 21.4 Å². The van der Waals surface area contributed by atoms with Gasteiger partial charge in [0, 0.05) is 29.4 Å². The molecule has 0 radical (unpaired) electrons. The lowest BCUT2D eigenvalue weighted by molar-refractivity contribution is -0.139. The fourth-order valence-electron chi connectivity index (χ4n) is 4.24. The number of rotatable bonds is 9. The number of urea groups is 1. The maximum atomic E-state index is 13.7. The molecule has 2 aromatic carbocycles. The molecule has 9 heteroatoms. The Kier molecular flexibility index (Phi) is 8.98. The van der Waals surface area contributed by atoms with Gasteiger partial charge in [0.15, 0.2) is 6.61 Å². The van der Waals surface area contributed by atoms with E-state index in [9.17, 15) is 14.0 Å². The first-order valence-corrected chi connectivity index (χ1v) is 11.9. The monoisotopic (exact) mass is 491 g/mol. The molecule has 0 aliphatic heterocycles. The number of anilines is 3. The SMILES string of the molecule is CC(C)CN(c1ccc(OCC(=O)O)cc1NC(=O)Nc1cc(F)cc(Cl)c1)C1CCCCC1. The van der Waals surface area contributed by atoms with E-state index in [1.54, 1.807) is 12.1 Å². The van der Waals surface area contributed by atoms with E-state index < -0.39 is 24.4 Å². The summed E-state index contributed by atoms with van der Waals surface area (Å²) in [6.45, 7) is 4.60. The van der Waals surface area contributed by atoms with Crippen LogP contribution in [0.15, 0.2) is 36.4 Å². The van der Waals surface area contributed by atoms with Gasteiger partial charge in [-0.3, -0.25) is 0 Å². The molecule has 1 saturated carbocycles. The first-order chi connectivity index (χ1) is 16.2. The lowest BCUT2D eigenvalue weighted by Crippen LogP contribution is -2.40. The molecular formula is C25H31ClFN3O4. The molecule has 34 heavy (non-hydrogen) atoms. The predicted octanol–water partition coefficient (Wildman–Crippen LogP) is 6.38. The zero-order valence-electron chi connectivity index (χ0n) is 19.4. The fraction of sp³-hybridized carbons (Fsp3) is 0.440. The second kappa shape index (κ2) is 11.9. The summed E-state index contributed by atoms with van der Waals surface area (Å²) in [5, 5.41) is 14.6. The fourth-order valence-corrected chi connectivity index (χ4v) is 4.46. The molecule has 0 spiro atoms. The molecule has 0 bridgehead atoms. The van der Waals surface area contributed by atoms with Crippen molar-refractivity contribution in [3.05, 3.63) is 47.2 Å². The molecule has 0 aromatic heterocycles. The minimum Gasteiger partial charge on any atom is -0.482 e. The highest BCUT2D eigenvalue weighted by Crippen LogP contribution is 2.36. The van der Waals surface area contributed by atoms with E-state index in [1.807, 2.05) is 6.07 Å². The number of aliphatic carboxylic acids is 1. The molecule has 3 rings (SSSR count). The molecule has 184 valence electrons. The van der Waals surface area contributed by atoms with Crippen molar-refractivity contribution in [2.45, 2.75) is 52.0 Å². The number of carbonyl (C=O) groups is 2. The minimum absolute atomic E-state index is 0.167. The zero-order chi connectivity index (χ0) is 24.7. The van der Waals surface area contributed by atoms with Gasteiger partial charge in [0.2, 0.25) is 0 Å².